The Labute approximate surface area is 107 Å². The van der Waals surface area contributed by atoms with E-state index >= 15 is 0 Å². The lowest BCUT2D eigenvalue weighted by molar-refractivity contribution is -0.126. The first-order valence-corrected chi connectivity index (χ1v) is 6.13. The molecule has 0 amide bonds. The minimum absolute atomic E-state index is 0.0178. The van der Waals surface area contributed by atoms with E-state index in [9.17, 15) is 9.18 Å². The summed E-state index contributed by atoms with van der Waals surface area (Å²) < 4.78 is 23.9. The molecule has 0 aromatic heterocycles. The normalized spacial score (nSPS) is 16.4. The van der Waals surface area contributed by atoms with Crippen LogP contribution in [0, 0.1) is 5.82 Å². The van der Waals surface area contributed by atoms with Gasteiger partial charge < -0.3 is 9.47 Å². The molecule has 0 atom stereocenters. The lowest BCUT2D eigenvalue weighted by Crippen LogP contribution is -2.16. The van der Waals surface area contributed by atoms with Crippen molar-refractivity contribution in [3.63, 3.8) is 0 Å². The smallest absolute Gasteiger partial charge is 0.164 e. The van der Waals surface area contributed by atoms with Crippen LogP contribution in [0.15, 0.2) is 22.7 Å². The number of ketones is 1. The van der Waals surface area contributed by atoms with Gasteiger partial charge in [0, 0.05) is 10.9 Å². The molecule has 0 bridgehead atoms. The van der Waals surface area contributed by atoms with E-state index in [2.05, 4.69) is 15.9 Å². The van der Waals surface area contributed by atoms with Crippen LogP contribution in [0.1, 0.15) is 12.0 Å². The number of hydrogen-bond acceptors (Lipinski definition) is 3. The van der Waals surface area contributed by atoms with Gasteiger partial charge in [-0.25, -0.2) is 4.39 Å². The number of benzene rings is 1. The van der Waals surface area contributed by atoms with Crippen molar-refractivity contribution in [2.24, 2.45) is 0 Å². The topological polar surface area (TPSA) is 35.5 Å². The Hall–Kier alpha value is -0.780. The van der Waals surface area contributed by atoms with Crippen LogP contribution in [0.25, 0.3) is 0 Å². The number of carbonyl (C=O) groups is 1. The van der Waals surface area contributed by atoms with Crippen molar-refractivity contribution in [3.8, 4) is 0 Å². The van der Waals surface area contributed by atoms with Crippen molar-refractivity contribution < 1.29 is 18.7 Å². The van der Waals surface area contributed by atoms with Crippen molar-refractivity contribution in [2.45, 2.75) is 19.1 Å². The molecular weight excluding hydrogens is 291 g/mol. The van der Waals surface area contributed by atoms with Crippen LogP contribution in [-0.4, -0.2) is 25.3 Å². The van der Waals surface area contributed by atoms with Crippen molar-refractivity contribution >= 4 is 21.7 Å². The first-order valence-electron chi connectivity index (χ1n) is 5.34. The summed E-state index contributed by atoms with van der Waals surface area (Å²) in [5, 5.41) is 0. The monoisotopic (exact) mass is 302 g/mol. The fourth-order valence-electron chi connectivity index (χ4n) is 1.66. The van der Waals surface area contributed by atoms with E-state index in [0.29, 0.717) is 17.7 Å². The molecule has 0 N–H and O–H groups in total. The molecule has 1 aromatic carbocycles. The van der Waals surface area contributed by atoms with Crippen LogP contribution in [-0.2, 0) is 20.7 Å². The van der Waals surface area contributed by atoms with Gasteiger partial charge in [-0.05, 0) is 17.7 Å². The van der Waals surface area contributed by atoms with Gasteiger partial charge in [-0.1, -0.05) is 22.0 Å². The van der Waals surface area contributed by atoms with Gasteiger partial charge in [0.2, 0.25) is 0 Å². The SMILES string of the molecule is O=C(Cc1ccc(F)cc1Br)CC1OCCO1. The van der Waals surface area contributed by atoms with E-state index in [1.165, 1.54) is 12.1 Å². The summed E-state index contributed by atoms with van der Waals surface area (Å²) in [6, 6.07) is 4.30. The molecule has 1 aliphatic heterocycles. The van der Waals surface area contributed by atoms with Crippen molar-refractivity contribution in [1.29, 1.82) is 0 Å². The van der Waals surface area contributed by atoms with Crippen LogP contribution in [0.2, 0.25) is 0 Å². The molecule has 1 aromatic rings. The van der Waals surface area contributed by atoms with E-state index < -0.39 is 6.29 Å². The minimum Gasteiger partial charge on any atom is -0.350 e. The summed E-state index contributed by atoms with van der Waals surface area (Å²) in [6.45, 7) is 1.08. The van der Waals surface area contributed by atoms with Gasteiger partial charge >= 0.3 is 0 Å². The summed E-state index contributed by atoms with van der Waals surface area (Å²) in [4.78, 5) is 11.7. The molecule has 2 rings (SSSR count). The maximum Gasteiger partial charge on any atom is 0.164 e. The fraction of sp³-hybridized carbons (Fsp3) is 0.417. The molecule has 5 heteroatoms. The number of Topliss-reactive ketones (excluding diaryl/α,β-unsaturated/α-hetero) is 1. The van der Waals surface area contributed by atoms with Gasteiger partial charge in [-0.15, -0.1) is 0 Å². The maximum absolute atomic E-state index is 12.9. The fourth-order valence-corrected chi connectivity index (χ4v) is 2.15. The van der Waals surface area contributed by atoms with Gasteiger partial charge in [0.25, 0.3) is 0 Å². The van der Waals surface area contributed by atoms with E-state index in [-0.39, 0.29) is 24.4 Å². The maximum atomic E-state index is 12.9. The van der Waals surface area contributed by atoms with Crippen molar-refractivity contribution in [2.75, 3.05) is 13.2 Å². The molecule has 0 saturated carbocycles. The van der Waals surface area contributed by atoms with E-state index in [0.717, 1.165) is 5.56 Å². The van der Waals surface area contributed by atoms with Gasteiger partial charge in [0.1, 0.15) is 11.6 Å². The second-order valence-corrected chi connectivity index (χ2v) is 4.68. The summed E-state index contributed by atoms with van der Waals surface area (Å²) in [6.07, 6.45) is 0.0789. The molecule has 0 radical (unpaired) electrons. The Bertz CT molecular complexity index is 416. The highest BCUT2D eigenvalue weighted by atomic mass is 79.9. The second-order valence-electron chi connectivity index (χ2n) is 3.83. The number of halogens is 2. The summed E-state index contributed by atoms with van der Waals surface area (Å²) in [7, 11) is 0. The number of rotatable bonds is 4. The Morgan fingerprint density at radius 1 is 1.41 bits per heavy atom. The Balaban J connectivity index is 1.93. The summed E-state index contributed by atoms with van der Waals surface area (Å²) in [5.74, 6) is -0.306. The molecule has 3 nitrogen and oxygen atoms in total. The highest BCUT2D eigenvalue weighted by Crippen LogP contribution is 2.20. The number of carbonyl (C=O) groups excluding carboxylic acids is 1. The molecule has 1 heterocycles. The first kappa shape index (κ1) is 12.7. The predicted octanol–water partition coefficient (Wildman–Crippen LogP) is 2.46. The van der Waals surface area contributed by atoms with Crippen molar-refractivity contribution in [1.82, 2.24) is 0 Å². The summed E-state index contributed by atoms with van der Waals surface area (Å²) in [5.41, 5.74) is 0.773. The van der Waals surface area contributed by atoms with Crippen LogP contribution in [0.4, 0.5) is 4.39 Å². The largest absolute Gasteiger partial charge is 0.350 e. The van der Waals surface area contributed by atoms with E-state index in [1.807, 2.05) is 0 Å². The molecule has 1 saturated heterocycles. The first-order chi connectivity index (χ1) is 8.15. The average Bonchev–Trinajstić information content (AvgIpc) is 2.75. The molecule has 92 valence electrons. The third-order valence-corrected chi connectivity index (χ3v) is 3.23. The molecule has 0 spiro atoms. The van der Waals surface area contributed by atoms with Gasteiger partial charge in [-0.3, -0.25) is 4.79 Å². The zero-order valence-corrected chi connectivity index (χ0v) is 10.7. The van der Waals surface area contributed by atoms with Crippen LogP contribution in [0.3, 0.4) is 0 Å². The number of ether oxygens (including phenoxy) is 2. The molecule has 1 aliphatic rings. The zero-order chi connectivity index (χ0) is 12.3. The van der Waals surface area contributed by atoms with Crippen LogP contribution >= 0.6 is 15.9 Å². The Kier molecular flexibility index (Phi) is 4.25. The Morgan fingerprint density at radius 2 is 2.12 bits per heavy atom. The predicted molar refractivity (Wildman–Crippen MR) is 63.1 cm³/mol. The molecular formula is C12H12BrFO3. The van der Waals surface area contributed by atoms with E-state index in [1.54, 1.807) is 6.07 Å². The van der Waals surface area contributed by atoms with Gasteiger partial charge in [0.15, 0.2) is 6.29 Å². The van der Waals surface area contributed by atoms with Crippen LogP contribution < -0.4 is 0 Å². The number of hydrogen-bond donors (Lipinski definition) is 0. The lowest BCUT2D eigenvalue weighted by atomic mass is 10.1. The highest BCUT2D eigenvalue weighted by Gasteiger charge is 2.20. The summed E-state index contributed by atoms with van der Waals surface area (Å²) >= 11 is 3.23. The molecule has 0 unspecified atom stereocenters. The lowest BCUT2D eigenvalue weighted by Gasteiger charge is -2.08. The second kappa shape index (κ2) is 5.71. The Morgan fingerprint density at radius 3 is 2.76 bits per heavy atom. The van der Waals surface area contributed by atoms with Crippen LogP contribution in [0.5, 0.6) is 0 Å². The average molecular weight is 303 g/mol. The third kappa shape index (κ3) is 3.59. The minimum atomic E-state index is -0.415. The van der Waals surface area contributed by atoms with Gasteiger partial charge in [-0.2, -0.15) is 0 Å². The molecule has 0 aliphatic carbocycles. The standard InChI is InChI=1S/C12H12BrFO3/c13-11-6-9(14)2-1-8(11)5-10(15)7-12-16-3-4-17-12/h1-2,6,12H,3-5,7H2. The zero-order valence-electron chi connectivity index (χ0n) is 9.12. The molecule has 1 fully saturated rings. The van der Waals surface area contributed by atoms with Crippen molar-refractivity contribution in [3.05, 3.63) is 34.1 Å². The van der Waals surface area contributed by atoms with Gasteiger partial charge in [0.05, 0.1) is 19.6 Å². The quantitative estimate of drug-likeness (QED) is 0.857. The highest BCUT2D eigenvalue weighted by molar-refractivity contribution is 9.10. The van der Waals surface area contributed by atoms with E-state index in [4.69, 9.17) is 9.47 Å². The molecule has 17 heavy (non-hydrogen) atoms. The third-order valence-electron chi connectivity index (χ3n) is 2.49.